The number of carbonyl (C=O) groups is 3. The third kappa shape index (κ3) is 4.96. The van der Waals surface area contributed by atoms with Gasteiger partial charge in [0.1, 0.15) is 18.8 Å². The Bertz CT molecular complexity index is 408. The van der Waals surface area contributed by atoms with Crippen LogP contribution in [0.4, 0.5) is 0 Å². The first kappa shape index (κ1) is 17.3. The first-order chi connectivity index (χ1) is 9.72. The Morgan fingerprint density at radius 3 is 1.95 bits per heavy atom. The highest BCUT2D eigenvalue weighted by molar-refractivity contribution is 5.67. The molecule has 1 aliphatic heterocycles. The maximum atomic E-state index is 11.1. The van der Waals surface area contributed by atoms with Crippen molar-refractivity contribution in [2.45, 2.75) is 51.5 Å². The second-order valence-electron chi connectivity index (χ2n) is 4.51. The Kier molecular flexibility index (Phi) is 6.06. The molecule has 9 nitrogen and oxygen atoms in total. The number of hydrogen-bond donors (Lipinski definition) is 2. The van der Waals surface area contributed by atoms with Gasteiger partial charge < -0.3 is 29.2 Å². The molecule has 0 aliphatic carbocycles. The standard InChI is InChI=1S/C12H18O9/c1-5(13)18-4-8-10(19-6(2)14)11(20-7(3)15)9(16)12(17)21-8/h8-12,16-17H,4H2,1-3H3/t8-,9+,10+,11+,12-/m1/s1. The van der Waals surface area contributed by atoms with Gasteiger partial charge in [-0.2, -0.15) is 0 Å². The lowest BCUT2D eigenvalue weighted by molar-refractivity contribution is -0.293. The van der Waals surface area contributed by atoms with Crippen molar-refractivity contribution in [3.8, 4) is 0 Å². The van der Waals surface area contributed by atoms with Gasteiger partial charge in [-0.1, -0.05) is 0 Å². The normalized spacial score (nSPS) is 32.1. The zero-order valence-corrected chi connectivity index (χ0v) is 11.8. The lowest BCUT2D eigenvalue weighted by atomic mass is 9.98. The van der Waals surface area contributed by atoms with E-state index in [2.05, 4.69) is 0 Å². The summed E-state index contributed by atoms with van der Waals surface area (Å²) < 4.78 is 19.6. The SMILES string of the molecule is CC(=O)OC[C@H]1O[C@@H](O)[C@@H](O)[C@H](OC(C)=O)[C@H]1OC(C)=O. The lowest BCUT2D eigenvalue weighted by Crippen LogP contribution is -2.61. The molecule has 1 heterocycles. The zero-order chi connectivity index (χ0) is 16.2. The molecular formula is C12H18O9. The Hall–Kier alpha value is -1.71. The van der Waals surface area contributed by atoms with Crippen LogP contribution in [0.2, 0.25) is 0 Å². The summed E-state index contributed by atoms with van der Waals surface area (Å²) in [4.78, 5) is 33.1. The van der Waals surface area contributed by atoms with Crippen LogP contribution in [0.3, 0.4) is 0 Å². The first-order valence-electron chi connectivity index (χ1n) is 6.21. The van der Waals surface area contributed by atoms with E-state index in [-0.39, 0.29) is 6.61 Å². The molecule has 0 bridgehead atoms. The van der Waals surface area contributed by atoms with Crippen molar-refractivity contribution >= 4 is 17.9 Å². The molecule has 120 valence electrons. The Morgan fingerprint density at radius 1 is 0.952 bits per heavy atom. The smallest absolute Gasteiger partial charge is 0.303 e. The van der Waals surface area contributed by atoms with Gasteiger partial charge in [0.2, 0.25) is 0 Å². The highest BCUT2D eigenvalue weighted by Crippen LogP contribution is 2.25. The summed E-state index contributed by atoms with van der Waals surface area (Å²) >= 11 is 0. The van der Waals surface area contributed by atoms with Crippen molar-refractivity contribution in [1.82, 2.24) is 0 Å². The van der Waals surface area contributed by atoms with Crippen molar-refractivity contribution < 1.29 is 43.5 Å². The van der Waals surface area contributed by atoms with Crippen molar-refractivity contribution in [2.24, 2.45) is 0 Å². The molecule has 1 aliphatic rings. The van der Waals surface area contributed by atoms with E-state index in [0.29, 0.717) is 0 Å². The topological polar surface area (TPSA) is 129 Å². The van der Waals surface area contributed by atoms with Gasteiger partial charge in [0.05, 0.1) is 0 Å². The summed E-state index contributed by atoms with van der Waals surface area (Å²) in [5.74, 6) is -2.06. The van der Waals surface area contributed by atoms with Gasteiger partial charge >= 0.3 is 17.9 Å². The van der Waals surface area contributed by atoms with Crippen molar-refractivity contribution in [2.75, 3.05) is 6.61 Å². The van der Waals surface area contributed by atoms with E-state index in [9.17, 15) is 24.6 Å². The van der Waals surface area contributed by atoms with E-state index < -0.39 is 48.6 Å². The summed E-state index contributed by atoms with van der Waals surface area (Å²) in [6.07, 6.45) is -6.92. The molecule has 0 unspecified atom stereocenters. The molecule has 0 radical (unpaired) electrons. The highest BCUT2D eigenvalue weighted by Gasteiger charge is 2.49. The molecule has 5 atom stereocenters. The maximum absolute atomic E-state index is 11.1. The fraction of sp³-hybridized carbons (Fsp3) is 0.750. The number of aliphatic hydroxyl groups is 2. The second-order valence-corrected chi connectivity index (χ2v) is 4.51. The zero-order valence-electron chi connectivity index (χ0n) is 11.8. The largest absolute Gasteiger partial charge is 0.463 e. The number of hydrogen-bond acceptors (Lipinski definition) is 9. The molecule has 0 spiro atoms. The van der Waals surface area contributed by atoms with Crippen LogP contribution in [0.25, 0.3) is 0 Å². The van der Waals surface area contributed by atoms with Crippen LogP contribution in [-0.4, -0.2) is 65.4 Å². The molecule has 2 N–H and O–H groups in total. The Labute approximate surface area is 120 Å². The Morgan fingerprint density at radius 2 is 1.48 bits per heavy atom. The van der Waals surface area contributed by atoms with Crippen molar-refractivity contribution in [3.63, 3.8) is 0 Å². The first-order valence-corrected chi connectivity index (χ1v) is 6.21. The van der Waals surface area contributed by atoms with Crippen LogP contribution in [-0.2, 0) is 33.3 Å². The average Bonchev–Trinajstić information content (AvgIpc) is 2.35. The second kappa shape index (κ2) is 7.34. The minimum atomic E-state index is -1.68. The predicted molar refractivity (Wildman–Crippen MR) is 64.6 cm³/mol. The van der Waals surface area contributed by atoms with Gasteiger partial charge in [-0.05, 0) is 0 Å². The van der Waals surface area contributed by atoms with E-state index in [4.69, 9.17) is 18.9 Å². The number of rotatable bonds is 4. The Balaban J connectivity index is 2.94. The predicted octanol–water partition coefficient (Wildman–Crippen LogP) is -1.51. The van der Waals surface area contributed by atoms with Crippen LogP contribution in [0.5, 0.6) is 0 Å². The summed E-state index contributed by atoms with van der Waals surface area (Å²) in [5.41, 5.74) is 0. The number of carbonyl (C=O) groups excluding carboxylic acids is 3. The third-order valence-electron chi connectivity index (χ3n) is 2.69. The molecule has 0 aromatic heterocycles. The highest BCUT2D eigenvalue weighted by atomic mass is 16.7. The number of aliphatic hydroxyl groups excluding tert-OH is 2. The van der Waals surface area contributed by atoms with E-state index in [1.54, 1.807) is 0 Å². The van der Waals surface area contributed by atoms with E-state index in [1.807, 2.05) is 0 Å². The van der Waals surface area contributed by atoms with Gasteiger partial charge in [0.15, 0.2) is 18.5 Å². The number of ether oxygens (including phenoxy) is 4. The van der Waals surface area contributed by atoms with Crippen molar-refractivity contribution in [1.29, 1.82) is 0 Å². The monoisotopic (exact) mass is 306 g/mol. The summed E-state index contributed by atoms with van der Waals surface area (Å²) in [7, 11) is 0. The minimum absolute atomic E-state index is 0.338. The summed E-state index contributed by atoms with van der Waals surface area (Å²) in [6, 6.07) is 0. The minimum Gasteiger partial charge on any atom is -0.463 e. The number of esters is 3. The molecule has 9 heteroatoms. The fourth-order valence-corrected chi connectivity index (χ4v) is 1.90. The van der Waals surface area contributed by atoms with E-state index in [0.717, 1.165) is 13.8 Å². The third-order valence-corrected chi connectivity index (χ3v) is 2.69. The van der Waals surface area contributed by atoms with Gasteiger partial charge in [-0.3, -0.25) is 14.4 Å². The van der Waals surface area contributed by atoms with Crippen molar-refractivity contribution in [3.05, 3.63) is 0 Å². The molecule has 0 amide bonds. The molecule has 1 rings (SSSR count). The average molecular weight is 306 g/mol. The molecule has 0 aromatic rings. The molecule has 0 saturated carbocycles. The van der Waals surface area contributed by atoms with Gasteiger partial charge in [-0.25, -0.2) is 0 Å². The summed E-state index contributed by atoms with van der Waals surface area (Å²) in [5, 5.41) is 19.4. The van der Waals surface area contributed by atoms with Crippen LogP contribution >= 0.6 is 0 Å². The molecule has 1 saturated heterocycles. The fourth-order valence-electron chi connectivity index (χ4n) is 1.90. The van der Waals surface area contributed by atoms with E-state index >= 15 is 0 Å². The molecule has 1 fully saturated rings. The van der Waals surface area contributed by atoms with Gasteiger partial charge in [0, 0.05) is 20.8 Å². The maximum Gasteiger partial charge on any atom is 0.303 e. The van der Waals surface area contributed by atoms with E-state index in [1.165, 1.54) is 6.92 Å². The summed E-state index contributed by atoms with van der Waals surface area (Å²) in [6.45, 7) is 3.04. The molecule has 21 heavy (non-hydrogen) atoms. The van der Waals surface area contributed by atoms with Crippen LogP contribution in [0.1, 0.15) is 20.8 Å². The van der Waals surface area contributed by atoms with Gasteiger partial charge in [-0.15, -0.1) is 0 Å². The van der Waals surface area contributed by atoms with Crippen LogP contribution in [0.15, 0.2) is 0 Å². The van der Waals surface area contributed by atoms with Crippen LogP contribution < -0.4 is 0 Å². The molecular weight excluding hydrogens is 288 g/mol. The van der Waals surface area contributed by atoms with Gasteiger partial charge in [0.25, 0.3) is 0 Å². The quantitative estimate of drug-likeness (QED) is 0.470. The lowest BCUT2D eigenvalue weighted by Gasteiger charge is -2.41. The van der Waals surface area contributed by atoms with Crippen LogP contribution in [0, 0.1) is 0 Å². The molecule has 0 aromatic carbocycles.